The summed E-state index contributed by atoms with van der Waals surface area (Å²) in [6.45, 7) is 11.4. The quantitative estimate of drug-likeness (QED) is 0.216. The van der Waals surface area contributed by atoms with Crippen LogP contribution in [0.3, 0.4) is 0 Å². The maximum absolute atomic E-state index is 13.6. The Bertz CT molecular complexity index is 1080. The average Bonchev–Trinajstić information content (AvgIpc) is 2.89. The molecule has 0 bridgehead atoms. The van der Waals surface area contributed by atoms with Gasteiger partial charge in [-0.15, -0.1) is 0 Å². The third-order valence-electron chi connectivity index (χ3n) is 6.51. The van der Waals surface area contributed by atoms with Gasteiger partial charge in [0.05, 0.1) is 17.4 Å². The third kappa shape index (κ3) is 8.88. The van der Waals surface area contributed by atoms with Crippen LogP contribution in [0.2, 0.25) is 0 Å². The zero-order valence-corrected chi connectivity index (χ0v) is 24.5. The summed E-state index contributed by atoms with van der Waals surface area (Å²) >= 11 is 0. The molecule has 0 saturated carbocycles. The van der Waals surface area contributed by atoms with Crippen LogP contribution >= 0.6 is 0 Å². The minimum absolute atomic E-state index is 0.0621. The molecule has 13 heteroatoms. The predicted molar refractivity (Wildman–Crippen MR) is 143 cm³/mol. The number of ether oxygens (including phenoxy) is 2. The maximum Gasteiger partial charge on any atom is 0.311 e. The molecule has 1 fully saturated rings. The number of hydrogen-bond acceptors (Lipinski definition) is 9. The molecule has 1 aromatic rings. The molecular formula is C26H42N4O8S. The van der Waals surface area contributed by atoms with Crippen molar-refractivity contribution in [1.82, 2.24) is 19.6 Å². The van der Waals surface area contributed by atoms with E-state index < -0.39 is 33.3 Å². The zero-order chi connectivity index (χ0) is 29.4. The molecule has 1 aromatic carbocycles. The van der Waals surface area contributed by atoms with Gasteiger partial charge in [0.1, 0.15) is 18.4 Å². The highest BCUT2D eigenvalue weighted by Crippen LogP contribution is 2.25. The van der Waals surface area contributed by atoms with E-state index in [1.54, 1.807) is 45.0 Å². The Morgan fingerprint density at radius 1 is 1.08 bits per heavy atom. The van der Waals surface area contributed by atoms with E-state index in [-0.39, 0.29) is 36.3 Å². The van der Waals surface area contributed by atoms with Gasteiger partial charge < -0.3 is 14.4 Å². The number of nitrogens with zero attached hydrogens (tertiary/aromatic N) is 3. The van der Waals surface area contributed by atoms with Crippen LogP contribution < -0.4 is 10.2 Å². The first-order chi connectivity index (χ1) is 18.2. The monoisotopic (exact) mass is 570 g/mol. The van der Waals surface area contributed by atoms with Crippen molar-refractivity contribution in [3.05, 3.63) is 24.3 Å². The van der Waals surface area contributed by atoms with Gasteiger partial charge in [-0.1, -0.05) is 13.8 Å². The first kappa shape index (κ1) is 32.5. The average molecular weight is 571 g/mol. The molecular weight excluding hydrogens is 528 g/mol. The number of hydrogen-bond donors (Lipinski definition) is 2. The van der Waals surface area contributed by atoms with Crippen LogP contribution in [0.5, 0.6) is 5.75 Å². The summed E-state index contributed by atoms with van der Waals surface area (Å²) < 4.78 is 38.6. The minimum Gasteiger partial charge on any atom is -0.497 e. The molecule has 12 nitrogen and oxygen atoms in total. The summed E-state index contributed by atoms with van der Waals surface area (Å²) in [6.07, 6.45) is -0.138. The lowest BCUT2D eigenvalue weighted by molar-refractivity contribution is -0.153. The molecule has 2 rings (SSSR count). The Kier molecular flexibility index (Phi) is 11.7. The highest BCUT2D eigenvalue weighted by atomic mass is 32.2. The first-order valence-electron chi connectivity index (χ1n) is 13.0. The van der Waals surface area contributed by atoms with E-state index in [9.17, 15) is 28.0 Å². The van der Waals surface area contributed by atoms with Crippen molar-refractivity contribution in [2.45, 2.75) is 52.0 Å². The molecule has 1 aliphatic rings. The smallest absolute Gasteiger partial charge is 0.311 e. The summed E-state index contributed by atoms with van der Waals surface area (Å²) in [7, 11) is -2.74. The lowest BCUT2D eigenvalue weighted by Crippen LogP contribution is -2.53. The lowest BCUT2D eigenvalue weighted by atomic mass is 9.97. The highest BCUT2D eigenvalue weighted by molar-refractivity contribution is 7.89. The van der Waals surface area contributed by atoms with E-state index >= 15 is 0 Å². The molecule has 220 valence electrons. The number of piperazine rings is 1. The summed E-state index contributed by atoms with van der Waals surface area (Å²) in [5.74, 6) is -1.40. The Morgan fingerprint density at radius 2 is 1.67 bits per heavy atom. The normalized spacial score (nSPS) is 15.8. The molecule has 2 amide bonds. The molecule has 0 aromatic heterocycles. The summed E-state index contributed by atoms with van der Waals surface area (Å²) in [5, 5.41) is 9.30. The number of methoxy groups -OCH3 is 1. The van der Waals surface area contributed by atoms with Crippen molar-refractivity contribution in [2.75, 3.05) is 53.0 Å². The second kappa shape index (κ2) is 14.1. The van der Waals surface area contributed by atoms with Crippen LogP contribution in [-0.4, -0.2) is 105 Å². The first-order valence-corrected chi connectivity index (χ1v) is 14.4. The number of amides is 2. The van der Waals surface area contributed by atoms with Gasteiger partial charge in [0, 0.05) is 45.7 Å². The zero-order valence-electron chi connectivity index (χ0n) is 23.7. The van der Waals surface area contributed by atoms with Gasteiger partial charge in [-0.3, -0.25) is 24.5 Å². The Labute approximate surface area is 231 Å². The number of carbonyl (C=O) groups excluding carboxylic acids is 3. The van der Waals surface area contributed by atoms with Crippen LogP contribution in [0.25, 0.3) is 0 Å². The molecule has 1 atom stereocenters. The Morgan fingerprint density at radius 3 is 2.15 bits per heavy atom. The number of sulfonamides is 1. The van der Waals surface area contributed by atoms with Gasteiger partial charge in [0.15, 0.2) is 0 Å². The van der Waals surface area contributed by atoms with Crippen molar-refractivity contribution < 1.29 is 37.5 Å². The fourth-order valence-corrected chi connectivity index (χ4v) is 5.91. The van der Waals surface area contributed by atoms with Gasteiger partial charge in [-0.05, 0) is 51.0 Å². The fourth-order valence-electron chi connectivity index (χ4n) is 4.19. The molecule has 1 saturated heterocycles. The molecule has 1 heterocycles. The maximum atomic E-state index is 13.6. The molecule has 0 spiro atoms. The van der Waals surface area contributed by atoms with Crippen LogP contribution in [0.15, 0.2) is 29.2 Å². The van der Waals surface area contributed by atoms with Gasteiger partial charge in [0.2, 0.25) is 15.9 Å². The van der Waals surface area contributed by atoms with Crippen molar-refractivity contribution in [3.63, 3.8) is 0 Å². The van der Waals surface area contributed by atoms with E-state index in [0.717, 1.165) is 4.31 Å². The second-order valence-corrected chi connectivity index (χ2v) is 12.7. The molecule has 1 aliphatic heterocycles. The van der Waals surface area contributed by atoms with Crippen LogP contribution in [0.4, 0.5) is 0 Å². The fraction of sp³-hybridized carbons (Fsp3) is 0.654. The molecule has 2 N–H and O–H groups in total. The lowest BCUT2D eigenvalue weighted by Gasteiger charge is -2.36. The SMILES string of the molecule is COc1ccc(S(=O)(=O)N(CCC(=O)N2CCN(CCOC(=O)C(C)(C)C)CC2)C(C(=O)NO)C(C)C)cc1. The van der Waals surface area contributed by atoms with E-state index in [2.05, 4.69) is 4.90 Å². The van der Waals surface area contributed by atoms with E-state index in [4.69, 9.17) is 9.47 Å². The number of carbonyl (C=O) groups is 3. The van der Waals surface area contributed by atoms with Gasteiger partial charge >= 0.3 is 5.97 Å². The van der Waals surface area contributed by atoms with Crippen molar-refractivity contribution in [3.8, 4) is 5.75 Å². The van der Waals surface area contributed by atoms with Gasteiger partial charge in [0.25, 0.3) is 5.91 Å². The van der Waals surface area contributed by atoms with Crippen LogP contribution in [0.1, 0.15) is 41.0 Å². The van der Waals surface area contributed by atoms with Crippen molar-refractivity contribution in [1.29, 1.82) is 0 Å². The van der Waals surface area contributed by atoms with E-state index in [0.29, 0.717) is 38.5 Å². The van der Waals surface area contributed by atoms with Crippen molar-refractivity contribution >= 4 is 27.8 Å². The summed E-state index contributed by atoms with van der Waals surface area (Å²) in [4.78, 5) is 41.2. The van der Waals surface area contributed by atoms with E-state index in [1.165, 1.54) is 31.4 Å². The second-order valence-electron chi connectivity index (χ2n) is 10.8. The van der Waals surface area contributed by atoms with Crippen LogP contribution in [-0.2, 0) is 29.1 Å². The number of esters is 1. The molecule has 0 aliphatic carbocycles. The standard InChI is InChI=1S/C26H42N4O8S/c1-19(2)23(24(32)27-34)30(39(35,36)21-9-7-20(37-6)8-10-21)12-11-22(31)29-15-13-28(14-16-29)17-18-38-25(33)26(3,4)5/h7-10,19,23,34H,11-18H2,1-6H3,(H,27,32). The number of hydroxylamine groups is 1. The number of benzene rings is 1. The highest BCUT2D eigenvalue weighted by Gasteiger charge is 2.38. The molecule has 0 radical (unpaired) electrons. The number of nitrogens with one attached hydrogen (secondary N) is 1. The summed E-state index contributed by atoms with van der Waals surface area (Å²) in [5.41, 5.74) is 0.996. The largest absolute Gasteiger partial charge is 0.497 e. The molecule has 1 unspecified atom stereocenters. The van der Waals surface area contributed by atoms with E-state index in [1.807, 2.05) is 0 Å². The Balaban J connectivity index is 2.06. The topological polar surface area (TPSA) is 146 Å². The molecule has 39 heavy (non-hydrogen) atoms. The van der Waals surface area contributed by atoms with Gasteiger partial charge in [-0.25, -0.2) is 13.9 Å². The minimum atomic E-state index is -4.20. The predicted octanol–water partition coefficient (Wildman–Crippen LogP) is 1.34. The number of rotatable bonds is 12. The van der Waals surface area contributed by atoms with Crippen LogP contribution in [0, 0.1) is 11.3 Å². The summed E-state index contributed by atoms with van der Waals surface area (Å²) in [6, 6.07) is 4.50. The van der Waals surface area contributed by atoms with Crippen molar-refractivity contribution in [2.24, 2.45) is 11.3 Å². The Hall–Kier alpha value is -2.74. The third-order valence-corrected chi connectivity index (χ3v) is 8.41. The van der Waals surface area contributed by atoms with Gasteiger partial charge in [-0.2, -0.15) is 4.31 Å².